The number of anilines is 1. The Morgan fingerprint density at radius 1 is 1.61 bits per heavy atom. The van der Waals surface area contributed by atoms with Gasteiger partial charge in [0.05, 0.1) is 0 Å². The number of rotatable bonds is 4. The van der Waals surface area contributed by atoms with Crippen LogP contribution in [0.25, 0.3) is 0 Å². The van der Waals surface area contributed by atoms with Crippen LogP contribution in [0.3, 0.4) is 0 Å². The number of carbonyl (C=O) groups excluding carboxylic acids is 1. The predicted molar refractivity (Wildman–Crippen MR) is 75.7 cm³/mol. The Morgan fingerprint density at radius 2 is 2.44 bits per heavy atom. The van der Waals surface area contributed by atoms with Gasteiger partial charge in [0.15, 0.2) is 0 Å². The molecule has 98 valence electrons. The molecule has 1 aromatic heterocycles. The summed E-state index contributed by atoms with van der Waals surface area (Å²) in [7, 11) is 0. The van der Waals surface area contributed by atoms with Gasteiger partial charge in [-0.25, -0.2) is 4.98 Å². The number of aromatic nitrogens is 1. The first kappa shape index (κ1) is 13.2. The van der Waals surface area contributed by atoms with Crippen molar-refractivity contribution in [2.75, 3.05) is 11.5 Å². The van der Waals surface area contributed by atoms with Gasteiger partial charge in [-0.05, 0) is 37.1 Å². The third-order valence-corrected chi connectivity index (χ3v) is 4.40. The molecule has 5 heteroatoms. The van der Waals surface area contributed by atoms with Crippen LogP contribution in [0.2, 0.25) is 0 Å². The van der Waals surface area contributed by atoms with Gasteiger partial charge in [-0.3, -0.25) is 4.79 Å². The van der Waals surface area contributed by atoms with Crippen LogP contribution in [-0.4, -0.2) is 27.9 Å². The van der Waals surface area contributed by atoms with Crippen molar-refractivity contribution in [3.8, 4) is 0 Å². The van der Waals surface area contributed by atoms with E-state index < -0.39 is 0 Å². The smallest absolute Gasteiger partial charge is 0.251 e. The number of pyridine rings is 1. The second kappa shape index (κ2) is 6.09. The second-order valence-corrected chi connectivity index (χ2v) is 6.11. The molecule has 2 rings (SSSR count). The maximum absolute atomic E-state index is 12.0. The fourth-order valence-electron chi connectivity index (χ4n) is 2.32. The van der Waals surface area contributed by atoms with E-state index in [2.05, 4.69) is 17.2 Å². The Hall–Kier alpha value is -1.23. The number of nitrogens with zero attached hydrogens (tertiary/aromatic N) is 1. The SMILES string of the molecule is CCSC1CCC(NC(=O)c2ccnc(N)c2)C1. The van der Waals surface area contributed by atoms with Crippen molar-refractivity contribution in [1.82, 2.24) is 10.3 Å². The molecule has 0 saturated heterocycles. The number of nitrogen functional groups attached to an aromatic ring is 1. The molecule has 0 spiro atoms. The highest BCUT2D eigenvalue weighted by Crippen LogP contribution is 2.29. The van der Waals surface area contributed by atoms with Gasteiger partial charge < -0.3 is 11.1 Å². The molecular formula is C13H19N3OS. The van der Waals surface area contributed by atoms with Gasteiger partial charge >= 0.3 is 0 Å². The number of hydrogen-bond acceptors (Lipinski definition) is 4. The molecule has 0 bridgehead atoms. The summed E-state index contributed by atoms with van der Waals surface area (Å²) >= 11 is 1.99. The van der Waals surface area contributed by atoms with Gasteiger partial charge in [0, 0.05) is 23.1 Å². The van der Waals surface area contributed by atoms with Crippen molar-refractivity contribution >= 4 is 23.5 Å². The van der Waals surface area contributed by atoms with E-state index in [-0.39, 0.29) is 5.91 Å². The maximum atomic E-state index is 12.0. The van der Waals surface area contributed by atoms with E-state index in [0.717, 1.165) is 18.6 Å². The van der Waals surface area contributed by atoms with Crippen LogP contribution in [0, 0.1) is 0 Å². The summed E-state index contributed by atoms with van der Waals surface area (Å²) in [5.74, 6) is 1.48. The molecule has 0 aliphatic heterocycles. The molecule has 1 aliphatic carbocycles. The lowest BCUT2D eigenvalue weighted by Crippen LogP contribution is -2.33. The summed E-state index contributed by atoms with van der Waals surface area (Å²) in [5.41, 5.74) is 6.16. The minimum Gasteiger partial charge on any atom is -0.384 e. The van der Waals surface area contributed by atoms with E-state index in [1.165, 1.54) is 6.42 Å². The number of nitrogens with two attached hydrogens (primary N) is 1. The molecule has 1 heterocycles. The highest BCUT2D eigenvalue weighted by atomic mass is 32.2. The third-order valence-electron chi connectivity index (χ3n) is 3.17. The minimum absolute atomic E-state index is 0.0451. The zero-order valence-corrected chi connectivity index (χ0v) is 11.4. The van der Waals surface area contributed by atoms with Gasteiger partial charge in [-0.2, -0.15) is 11.8 Å². The third kappa shape index (κ3) is 3.38. The van der Waals surface area contributed by atoms with Crippen LogP contribution in [0.1, 0.15) is 36.5 Å². The lowest BCUT2D eigenvalue weighted by molar-refractivity contribution is 0.0938. The Morgan fingerprint density at radius 3 is 3.17 bits per heavy atom. The first-order valence-corrected chi connectivity index (χ1v) is 7.38. The lowest BCUT2D eigenvalue weighted by Gasteiger charge is -2.13. The summed E-state index contributed by atoms with van der Waals surface area (Å²) in [5, 5.41) is 3.77. The Bertz CT molecular complexity index is 424. The Balaban J connectivity index is 1.89. The highest BCUT2D eigenvalue weighted by Gasteiger charge is 2.25. The van der Waals surface area contributed by atoms with Crippen LogP contribution in [0.4, 0.5) is 5.82 Å². The van der Waals surface area contributed by atoms with E-state index >= 15 is 0 Å². The number of thioether (sulfide) groups is 1. The van der Waals surface area contributed by atoms with Gasteiger partial charge in [-0.15, -0.1) is 0 Å². The molecule has 1 amide bonds. The average Bonchev–Trinajstić information content (AvgIpc) is 2.77. The van der Waals surface area contributed by atoms with Crippen molar-refractivity contribution < 1.29 is 4.79 Å². The molecule has 1 aromatic rings. The summed E-state index contributed by atoms with van der Waals surface area (Å²) in [4.78, 5) is 15.9. The Kier molecular flexibility index (Phi) is 4.47. The molecule has 1 aliphatic rings. The molecule has 4 nitrogen and oxygen atoms in total. The summed E-state index contributed by atoms with van der Waals surface area (Å²) in [6.45, 7) is 2.18. The zero-order chi connectivity index (χ0) is 13.0. The molecule has 2 atom stereocenters. The maximum Gasteiger partial charge on any atom is 0.251 e. The molecular weight excluding hydrogens is 246 g/mol. The van der Waals surface area contributed by atoms with E-state index in [0.29, 0.717) is 22.7 Å². The second-order valence-electron chi connectivity index (χ2n) is 4.53. The monoisotopic (exact) mass is 265 g/mol. The number of nitrogens with one attached hydrogen (secondary N) is 1. The van der Waals surface area contributed by atoms with Gasteiger partial charge in [0.25, 0.3) is 5.91 Å². The van der Waals surface area contributed by atoms with Crippen molar-refractivity contribution in [2.24, 2.45) is 0 Å². The fourth-order valence-corrected chi connectivity index (χ4v) is 3.46. The normalized spacial score (nSPS) is 22.9. The summed E-state index contributed by atoms with van der Waals surface area (Å²) < 4.78 is 0. The zero-order valence-electron chi connectivity index (χ0n) is 10.6. The van der Waals surface area contributed by atoms with Gasteiger partial charge in [0.2, 0.25) is 0 Å². The van der Waals surface area contributed by atoms with E-state index in [1.54, 1.807) is 18.3 Å². The minimum atomic E-state index is -0.0451. The van der Waals surface area contributed by atoms with Crippen molar-refractivity contribution in [3.63, 3.8) is 0 Å². The average molecular weight is 265 g/mol. The lowest BCUT2D eigenvalue weighted by atomic mass is 10.2. The van der Waals surface area contributed by atoms with Crippen LogP contribution >= 0.6 is 11.8 Å². The molecule has 0 radical (unpaired) electrons. The number of hydrogen-bond donors (Lipinski definition) is 2. The van der Waals surface area contributed by atoms with E-state index in [4.69, 9.17) is 5.73 Å². The first-order chi connectivity index (χ1) is 8.69. The van der Waals surface area contributed by atoms with Gasteiger partial charge in [-0.1, -0.05) is 6.92 Å². The van der Waals surface area contributed by atoms with E-state index in [9.17, 15) is 4.79 Å². The van der Waals surface area contributed by atoms with Crippen LogP contribution < -0.4 is 11.1 Å². The van der Waals surface area contributed by atoms with Crippen molar-refractivity contribution in [3.05, 3.63) is 23.9 Å². The predicted octanol–water partition coefficient (Wildman–Crippen LogP) is 2.07. The number of carbonyl (C=O) groups is 1. The molecule has 1 fully saturated rings. The summed E-state index contributed by atoms with van der Waals surface area (Å²) in [6.07, 6.45) is 4.91. The largest absolute Gasteiger partial charge is 0.384 e. The Labute approximate surface area is 112 Å². The van der Waals surface area contributed by atoms with Crippen LogP contribution in [-0.2, 0) is 0 Å². The molecule has 1 saturated carbocycles. The molecule has 2 unspecified atom stereocenters. The van der Waals surface area contributed by atoms with Crippen molar-refractivity contribution in [2.45, 2.75) is 37.5 Å². The topological polar surface area (TPSA) is 68.0 Å². The van der Waals surface area contributed by atoms with Crippen LogP contribution in [0.5, 0.6) is 0 Å². The van der Waals surface area contributed by atoms with Crippen molar-refractivity contribution in [1.29, 1.82) is 0 Å². The fraction of sp³-hybridized carbons (Fsp3) is 0.538. The first-order valence-electron chi connectivity index (χ1n) is 6.33. The van der Waals surface area contributed by atoms with Crippen LogP contribution in [0.15, 0.2) is 18.3 Å². The van der Waals surface area contributed by atoms with Gasteiger partial charge in [0.1, 0.15) is 5.82 Å². The quantitative estimate of drug-likeness (QED) is 0.874. The summed E-state index contributed by atoms with van der Waals surface area (Å²) in [6, 6.07) is 3.61. The molecule has 18 heavy (non-hydrogen) atoms. The standard InChI is InChI=1S/C13H19N3OS/c1-2-18-11-4-3-10(8-11)16-13(17)9-5-6-15-12(14)7-9/h5-7,10-11H,2-4,8H2,1H3,(H2,14,15)(H,16,17). The number of amides is 1. The molecule has 0 aromatic carbocycles. The highest BCUT2D eigenvalue weighted by molar-refractivity contribution is 7.99. The van der Waals surface area contributed by atoms with E-state index in [1.807, 2.05) is 11.8 Å². The molecule has 3 N–H and O–H groups in total.